The Kier molecular flexibility index (Phi) is 5.47. The lowest BCUT2D eigenvalue weighted by Gasteiger charge is -2.25. The highest BCUT2D eigenvalue weighted by Crippen LogP contribution is 2.30. The highest BCUT2D eigenvalue weighted by atomic mass is 32.1. The monoisotopic (exact) mass is 369 g/mol. The van der Waals surface area contributed by atoms with Crippen molar-refractivity contribution < 1.29 is 4.79 Å². The predicted molar refractivity (Wildman–Crippen MR) is 110 cm³/mol. The Balaban J connectivity index is 1.90. The Morgan fingerprint density at radius 2 is 1.73 bits per heavy atom. The topological polar surface area (TPSA) is 38.1 Å². The van der Waals surface area contributed by atoms with Crippen molar-refractivity contribution in [1.29, 1.82) is 0 Å². The number of nitrogens with zero attached hydrogens (tertiary/aromatic N) is 3. The third-order valence-electron chi connectivity index (χ3n) is 4.28. The van der Waals surface area contributed by atoms with E-state index in [1.165, 1.54) is 11.3 Å². The second-order valence-electron chi connectivity index (χ2n) is 7.64. The van der Waals surface area contributed by atoms with Crippen LogP contribution in [0.4, 0.5) is 0 Å². The lowest BCUT2D eigenvalue weighted by molar-refractivity contribution is 0.0720. The van der Waals surface area contributed by atoms with Gasteiger partial charge in [0.1, 0.15) is 0 Å². The fourth-order valence-electron chi connectivity index (χ4n) is 3.22. The molecule has 0 fully saturated rings. The van der Waals surface area contributed by atoms with E-state index in [2.05, 4.69) is 38.3 Å². The van der Waals surface area contributed by atoms with E-state index in [-0.39, 0.29) is 5.91 Å². The number of aromatic nitrogens is 2. The molecule has 0 bridgehead atoms. The van der Waals surface area contributed by atoms with Crippen LogP contribution in [0.3, 0.4) is 0 Å². The SMILES string of the molecule is CC(C)CN(CC(C)C)C(=O)c1ccc(-c2nc3ccccc3n2C)s1. The molecule has 0 saturated carbocycles. The largest absolute Gasteiger partial charge is 0.337 e. The number of hydrogen-bond acceptors (Lipinski definition) is 3. The summed E-state index contributed by atoms with van der Waals surface area (Å²) in [6, 6.07) is 12.1. The molecule has 5 heteroatoms. The zero-order chi connectivity index (χ0) is 18.8. The van der Waals surface area contributed by atoms with Gasteiger partial charge in [-0.1, -0.05) is 39.8 Å². The van der Waals surface area contributed by atoms with Crippen LogP contribution in [0.25, 0.3) is 21.7 Å². The second-order valence-corrected chi connectivity index (χ2v) is 8.73. The summed E-state index contributed by atoms with van der Waals surface area (Å²) in [4.78, 5) is 21.6. The molecule has 0 N–H and O–H groups in total. The number of benzene rings is 1. The molecular formula is C21H27N3OS. The molecule has 0 aliphatic heterocycles. The molecule has 0 unspecified atom stereocenters. The van der Waals surface area contributed by atoms with Crippen molar-refractivity contribution in [3.8, 4) is 10.7 Å². The van der Waals surface area contributed by atoms with Gasteiger partial charge in [0.15, 0.2) is 5.82 Å². The minimum atomic E-state index is 0.127. The molecule has 0 radical (unpaired) electrons. The Hall–Kier alpha value is -2.14. The summed E-state index contributed by atoms with van der Waals surface area (Å²) < 4.78 is 2.09. The zero-order valence-corrected chi connectivity index (χ0v) is 17.0. The van der Waals surface area contributed by atoms with Crippen LogP contribution in [0.5, 0.6) is 0 Å². The molecule has 138 valence electrons. The molecule has 0 aliphatic carbocycles. The van der Waals surface area contributed by atoms with Crippen LogP contribution in [0.1, 0.15) is 37.4 Å². The van der Waals surface area contributed by atoms with Gasteiger partial charge in [-0.05, 0) is 36.1 Å². The molecule has 0 atom stereocenters. The molecule has 1 amide bonds. The van der Waals surface area contributed by atoms with E-state index in [1.807, 2.05) is 42.3 Å². The Morgan fingerprint density at radius 1 is 1.08 bits per heavy atom. The van der Waals surface area contributed by atoms with Crippen molar-refractivity contribution in [2.75, 3.05) is 13.1 Å². The zero-order valence-electron chi connectivity index (χ0n) is 16.2. The Bertz CT molecular complexity index is 897. The first-order valence-corrected chi connectivity index (χ1v) is 9.99. The van der Waals surface area contributed by atoms with E-state index in [0.717, 1.165) is 39.7 Å². The van der Waals surface area contributed by atoms with E-state index in [1.54, 1.807) is 0 Å². The fourth-order valence-corrected chi connectivity index (χ4v) is 4.22. The van der Waals surface area contributed by atoms with Gasteiger partial charge < -0.3 is 9.47 Å². The van der Waals surface area contributed by atoms with Gasteiger partial charge in [0.05, 0.1) is 20.8 Å². The minimum absolute atomic E-state index is 0.127. The van der Waals surface area contributed by atoms with Crippen molar-refractivity contribution in [2.45, 2.75) is 27.7 Å². The van der Waals surface area contributed by atoms with Gasteiger partial charge in [0.2, 0.25) is 0 Å². The van der Waals surface area contributed by atoms with Gasteiger partial charge in [-0.25, -0.2) is 4.98 Å². The van der Waals surface area contributed by atoms with Crippen molar-refractivity contribution in [3.05, 3.63) is 41.3 Å². The maximum atomic E-state index is 13.0. The molecule has 3 rings (SSSR count). The average molecular weight is 370 g/mol. The van der Waals surface area contributed by atoms with Crippen LogP contribution < -0.4 is 0 Å². The molecule has 0 saturated heterocycles. The lowest BCUT2D eigenvalue weighted by atomic mass is 10.1. The Morgan fingerprint density at radius 3 is 2.35 bits per heavy atom. The van der Waals surface area contributed by atoms with Gasteiger partial charge in [0.25, 0.3) is 5.91 Å². The molecule has 2 heterocycles. The summed E-state index contributed by atoms with van der Waals surface area (Å²) >= 11 is 1.53. The van der Waals surface area contributed by atoms with E-state index in [4.69, 9.17) is 4.98 Å². The summed E-state index contributed by atoms with van der Waals surface area (Å²) in [7, 11) is 2.02. The third-order valence-corrected chi connectivity index (χ3v) is 5.35. The van der Waals surface area contributed by atoms with Crippen LogP contribution in [0.2, 0.25) is 0 Å². The summed E-state index contributed by atoms with van der Waals surface area (Å²) in [6.07, 6.45) is 0. The molecule has 2 aromatic heterocycles. The number of amides is 1. The summed E-state index contributed by atoms with van der Waals surface area (Å²) in [5.74, 6) is 1.95. The van der Waals surface area contributed by atoms with Crippen molar-refractivity contribution in [3.63, 3.8) is 0 Å². The van der Waals surface area contributed by atoms with Gasteiger partial charge in [-0.2, -0.15) is 0 Å². The van der Waals surface area contributed by atoms with E-state index in [0.29, 0.717) is 11.8 Å². The number of thiophene rings is 1. The van der Waals surface area contributed by atoms with Gasteiger partial charge in [0, 0.05) is 20.1 Å². The fraction of sp³-hybridized carbons (Fsp3) is 0.429. The summed E-state index contributed by atoms with van der Waals surface area (Å²) in [6.45, 7) is 10.2. The van der Waals surface area contributed by atoms with Crippen molar-refractivity contribution in [2.24, 2.45) is 18.9 Å². The number of carbonyl (C=O) groups excluding carboxylic acids is 1. The first kappa shape index (κ1) is 18.6. The van der Waals surface area contributed by atoms with Crippen LogP contribution in [0.15, 0.2) is 36.4 Å². The van der Waals surface area contributed by atoms with Crippen molar-refractivity contribution >= 4 is 28.3 Å². The predicted octanol–water partition coefficient (Wildman–Crippen LogP) is 5.06. The summed E-state index contributed by atoms with van der Waals surface area (Å²) in [5, 5.41) is 0. The highest BCUT2D eigenvalue weighted by molar-refractivity contribution is 7.17. The number of rotatable bonds is 6. The van der Waals surface area contributed by atoms with Crippen LogP contribution in [0, 0.1) is 11.8 Å². The standard InChI is InChI=1S/C21H27N3OS/c1-14(2)12-24(13-15(3)4)21(25)19-11-10-18(26-19)20-22-16-8-6-7-9-17(16)23(20)5/h6-11,14-15H,12-13H2,1-5H3. The lowest BCUT2D eigenvalue weighted by Crippen LogP contribution is -2.36. The van der Waals surface area contributed by atoms with Gasteiger partial charge >= 0.3 is 0 Å². The molecule has 26 heavy (non-hydrogen) atoms. The highest BCUT2D eigenvalue weighted by Gasteiger charge is 2.21. The van der Waals surface area contributed by atoms with E-state index < -0.39 is 0 Å². The molecule has 0 aliphatic rings. The van der Waals surface area contributed by atoms with Gasteiger partial charge in [-0.3, -0.25) is 4.79 Å². The molecule has 3 aromatic rings. The van der Waals surface area contributed by atoms with Crippen LogP contribution >= 0.6 is 11.3 Å². The smallest absolute Gasteiger partial charge is 0.263 e. The van der Waals surface area contributed by atoms with E-state index >= 15 is 0 Å². The van der Waals surface area contributed by atoms with Crippen molar-refractivity contribution in [1.82, 2.24) is 14.5 Å². The summed E-state index contributed by atoms with van der Waals surface area (Å²) in [5.41, 5.74) is 2.08. The number of hydrogen-bond donors (Lipinski definition) is 0. The maximum absolute atomic E-state index is 13.0. The molecular weight excluding hydrogens is 342 g/mol. The third kappa shape index (κ3) is 3.83. The number of fused-ring (bicyclic) bond motifs is 1. The second kappa shape index (κ2) is 7.62. The van der Waals surface area contributed by atoms with E-state index in [9.17, 15) is 4.79 Å². The molecule has 1 aromatic carbocycles. The maximum Gasteiger partial charge on any atom is 0.263 e. The Labute approximate surface area is 159 Å². The first-order chi connectivity index (χ1) is 12.4. The molecule has 4 nitrogen and oxygen atoms in total. The number of aryl methyl sites for hydroxylation is 1. The number of carbonyl (C=O) groups is 1. The number of imidazole rings is 1. The first-order valence-electron chi connectivity index (χ1n) is 9.17. The average Bonchev–Trinajstić information content (AvgIpc) is 3.18. The van der Waals surface area contributed by atoms with Crippen LogP contribution in [-0.4, -0.2) is 33.4 Å². The van der Waals surface area contributed by atoms with Gasteiger partial charge in [-0.15, -0.1) is 11.3 Å². The number of para-hydroxylation sites is 2. The normalized spacial score (nSPS) is 11.7. The molecule has 0 spiro atoms. The van der Waals surface area contributed by atoms with Crippen LogP contribution in [-0.2, 0) is 7.05 Å². The minimum Gasteiger partial charge on any atom is -0.337 e. The quantitative estimate of drug-likeness (QED) is 0.609.